The number of imide groups is 1. The zero-order valence-corrected chi connectivity index (χ0v) is 18.5. The average Bonchev–Trinajstić information content (AvgIpc) is 3.39. The van der Waals surface area contributed by atoms with Gasteiger partial charge in [0.2, 0.25) is 11.8 Å². The van der Waals surface area contributed by atoms with Gasteiger partial charge >= 0.3 is 5.97 Å². The van der Waals surface area contributed by atoms with Gasteiger partial charge in [0.05, 0.1) is 11.8 Å². The maximum atomic E-state index is 13.1. The Morgan fingerprint density at radius 3 is 2.29 bits per heavy atom. The first kappa shape index (κ1) is 21.5. The van der Waals surface area contributed by atoms with Crippen molar-refractivity contribution in [1.29, 1.82) is 0 Å². The number of esters is 1. The molecule has 3 aliphatic rings. The number of likely N-dealkylation sites (tertiary alicyclic amines) is 1. The molecule has 7 heteroatoms. The van der Waals surface area contributed by atoms with E-state index in [4.69, 9.17) is 4.74 Å². The van der Waals surface area contributed by atoms with Crippen LogP contribution in [0, 0.1) is 43.4 Å². The number of rotatable bonds is 6. The van der Waals surface area contributed by atoms with E-state index < -0.39 is 24.5 Å². The second-order valence-corrected chi connectivity index (χ2v) is 9.59. The van der Waals surface area contributed by atoms with Crippen molar-refractivity contribution in [2.24, 2.45) is 29.6 Å². The van der Waals surface area contributed by atoms with Gasteiger partial charge in [-0.2, -0.15) is 0 Å². The van der Waals surface area contributed by atoms with Crippen LogP contribution in [-0.4, -0.2) is 41.2 Å². The quantitative estimate of drug-likeness (QED) is 0.558. The summed E-state index contributed by atoms with van der Waals surface area (Å²) in [5.74, 6) is -2.01. The summed E-state index contributed by atoms with van der Waals surface area (Å²) in [4.78, 5) is 52.6. The van der Waals surface area contributed by atoms with Gasteiger partial charge in [-0.25, -0.2) is 4.79 Å². The van der Waals surface area contributed by atoms with Crippen LogP contribution in [0.25, 0.3) is 0 Å². The highest BCUT2D eigenvalue weighted by Crippen LogP contribution is 2.56. The van der Waals surface area contributed by atoms with Crippen LogP contribution < -0.4 is 5.32 Å². The molecule has 31 heavy (non-hydrogen) atoms. The second kappa shape index (κ2) is 8.09. The summed E-state index contributed by atoms with van der Waals surface area (Å²) >= 11 is 0. The summed E-state index contributed by atoms with van der Waals surface area (Å²) in [6.07, 6.45) is 2.90. The van der Waals surface area contributed by atoms with Crippen LogP contribution in [0.15, 0.2) is 18.2 Å². The van der Waals surface area contributed by atoms with Crippen molar-refractivity contribution in [3.05, 3.63) is 29.3 Å². The van der Waals surface area contributed by atoms with E-state index in [9.17, 15) is 19.2 Å². The molecule has 0 unspecified atom stereocenters. The van der Waals surface area contributed by atoms with Crippen LogP contribution >= 0.6 is 0 Å². The largest absolute Gasteiger partial charge is 0.454 e. The molecule has 0 aromatic heterocycles. The van der Waals surface area contributed by atoms with Gasteiger partial charge in [-0.3, -0.25) is 19.3 Å². The zero-order chi connectivity index (χ0) is 22.4. The minimum atomic E-state index is -1.00. The number of nitrogens with one attached hydrogen (secondary N) is 1. The van der Waals surface area contributed by atoms with Gasteiger partial charge < -0.3 is 10.1 Å². The van der Waals surface area contributed by atoms with E-state index >= 15 is 0 Å². The molecule has 2 saturated carbocycles. The van der Waals surface area contributed by atoms with E-state index in [1.54, 1.807) is 13.8 Å². The lowest BCUT2D eigenvalue weighted by atomic mass is 9.81. The summed E-state index contributed by atoms with van der Waals surface area (Å²) in [6.45, 7) is 6.90. The lowest BCUT2D eigenvalue weighted by Gasteiger charge is -2.28. The molecule has 0 spiro atoms. The standard InChI is InChI=1S/C24H30N2O5/c1-12(2)21(26-22(28)19-15-7-8-16(10-15)20(19)23(26)29)24(30)31-11-18(27)25-17-9-13(3)5-6-14(17)4/h5-6,9,12,15-16,19-21H,7-8,10-11H2,1-4H3,(H,25,27)/t15-,16+,19-,20+,21-/m0/s1. The number of anilines is 1. The van der Waals surface area contributed by atoms with Crippen molar-refractivity contribution < 1.29 is 23.9 Å². The fourth-order valence-corrected chi connectivity index (χ4v) is 5.66. The van der Waals surface area contributed by atoms with Crippen molar-refractivity contribution in [3.63, 3.8) is 0 Å². The predicted molar refractivity (Wildman–Crippen MR) is 114 cm³/mol. The van der Waals surface area contributed by atoms with Gasteiger partial charge in [0, 0.05) is 5.69 Å². The summed E-state index contributed by atoms with van der Waals surface area (Å²) < 4.78 is 5.27. The van der Waals surface area contributed by atoms with Gasteiger partial charge in [0.25, 0.3) is 5.91 Å². The van der Waals surface area contributed by atoms with E-state index in [1.165, 1.54) is 0 Å². The van der Waals surface area contributed by atoms with E-state index in [-0.39, 0.29) is 41.4 Å². The Hall–Kier alpha value is -2.70. The summed E-state index contributed by atoms with van der Waals surface area (Å²) in [7, 11) is 0. The molecule has 1 N–H and O–H groups in total. The highest BCUT2D eigenvalue weighted by atomic mass is 16.5. The first-order valence-electron chi connectivity index (χ1n) is 11.1. The van der Waals surface area contributed by atoms with E-state index in [2.05, 4.69) is 5.32 Å². The summed E-state index contributed by atoms with van der Waals surface area (Å²) in [5, 5.41) is 2.75. The zero-order valence-electron chi connectivity index (χ0n) is 18.5. The minimum Gasteiger partial charge on any atom is -0.454 e. The maximum absolute atomic E-state index is 13.1. The predicted octanol–water partition coefficient (Wildman–Crippen LogP) is 2.84. The molecule has 5 atom stereocenters. The maximum Gasteiger partial charge on any atom is 0.330 e. The molecule has 1 aromatic rings. The second-order valence-electron chi connectivity index (χ2n) is 9.59. The van der Waals surface area contributed by atoms with Gasteiger partial charge in [-0.1, -0.05) is 26.0 Å². The first-order chi connectivity index (χ1) is 14.7. The molecule has 2 bridgehead atoms. The molecule has 0 radical (unpaired) electrons. The van der Waals surface area contributed by atoms with Crippen molar-refractivity contribution in [2.75, 3.05) is 11.9 Å². The van der Waals surface area contributed by atoms with Crippen molar-refractivity contribution in [2.45, 2.75) is 53.0 Å². The molecule has 166 valence electrons. The average molecular weight is 427 g/mol. The Morgan fingerprint density at radius 1 is 1.10 bits per heavy atom. The van der Waals surface area contributed by atoms with Crippen molar-refractivity contribution in [1.82, 2.24) is 4.90 Å². The number of carbonyl (C=O) groups is 4. The fourth-order valence-electron chi connectivity index (χ4n) is 5.66. The summed E-state index contributed by atoms with van der Waals surface area (Å²) in [6, 6.07) is 4.70. The third kappa shape index (κ3) is 3.75. The Labute approximate surface area is 182 Å². The van der Waals surface area contributed by atoms with Crippen molar-refractivity contribution >= 4 is 29.4 Å². The number of fused-ring (bicyclic) bond motifs is 5. The lowest BCUT2D eigenvalue weighted by Crippen LogP contribution is -2.50. The number of ether oxygens (including phenoxy) is 1. The molecule has 1 aromatic carbocycles. The molecule has 1 heterocycles. The van der Waals surface area contributed by atoms with Crippen LogP contribution in [0.1, 0.15) is 44.2 Å². The molecule has 1 aliphatic heterocycles. The first-order valence-corrected chi connectivity index (χ1v) is 11.1. The molecule has 4 rings (SSSR count). The molecule has 3 fully saturated rings. The summed E-state index contributed by atoms with van der Waals surface area (Å²) in [5.41, 5.74) is 2.57. The lowest BCUT2D eigenvalue weighted by molar-refractivity contribution is -0.162. The number of carbonyl (C=O) groups excluding carboxylic acids is 4. The van der Waals surface area contributed by atoms with Crippen LogP contribution in [0.3, 0.4) is 0 Å². The fraction of sp³-hybridized carbons (Fsp3) is 0.583. The molecule has 1 saturated heterocycles. The number of aryl methyl sites for hydroxylation is 2. The van der Waals surface area contributed by atoms with Crippen LogP contribution in [-0.2, 0) is 23.9 Å². The molecule has 7 nitrogen and oxygen atoms in total. The SMILES string of the molecule is Cc1ccc(C)c(NC(=O)COC(=O)[C@H](C(C)C)N2C(=O)[C@@H]3[C@@H]4CC[C@@H](C4)[C@@H]3C2=O)c1. The Balaban J connectivity index is 1.42. The number of benzene rings is 1. The van der Waals surface area contributed by atoms with E-state index in [1.807, 2.05) is 32.0 Å². The number of hydrogen-bond acceptors (Lipinski definition) is 5. The van der Waals surface area contributed by atoms with E-state index in [0.717, 1.165) is 35.3 Å². The van der Waals surface area contributed by atoms with Gasteiger partial charge in [-0.05, 0) is 68.1 Å². The smallest absolute Gasteiger partial charge is 0.330 e. The van der Waals surface area contributed by atoms with Gasteiger partial charge in [-0.15, -0.1) is 0 Å². The number of hydrogen-bond donors (Lipinski definition) is 1. The highest BCUT2D eigenvalue weighted by molar-refractivity contribution is 6.08. The number of nitrogens with zero attached hydrogens (tertiary/aromatic N) is 1. The molecular formula is C24H30N2O5. The third-order valence-corrected chi connectivity index (χ3v) is 7.13. The van der Waals surface area contributed by atoms with Gasteiger partial charge in [0.15, 0.2) is 6.61 Å². The normalized spacial score (nSPS) is 27.6. The topological polar surface area (TPSA) is 92.8 Å². The minimum absolute atomic E-state index is 0.238. The Kier molecular flexibility index (Phi) is 5.62. The number of amides is 3. The molecule has 2 aliphatic carbocycles. The highest BCUT2D eigenvalue weighted by Gasteiger charge is 2.62. The van der Waals surface area contributed by atoms with E-state index in [0.29, 0.717) is 5.69 Å². The van der Waals surface area contributed by atoms with Crippen LogP contribution in [0.5, 0.6) is 0 Å². The van der Waals surface area contributed by atoms with Crippen LogP contribution in [0.2, 0.25) is 0 Å². The Bertz CT molecular complexity index is 912. The van der Waals surface area contributed by atoms with Crippen molar-refractivity contribution in [3.8, 4) is 0 Å². The van der Waals surface area contributed by atoms with Crippen LogP contribution in [0.4, 0.5) is 5.69 Å². The monoisotopic (exact) mass is 426 g/mol. The molecular weight excluding hydrogens is 396 g/mol. The Morgan fingerprint density at radius 2 is 1.71 bits per heavy atom. The van der Waals surface area contributed by atoms with Gasteiger partial charge in [0.1, 0.15) is 6.04 Å². The third-order valence-electron chi connectivity index (χ3n) is 7.13. The molecule has 3 amide bonds.